The molecule has 0 saturated carbocycles. The van der Waals surface area contributed by atoms with Crippen LogP contribution in [-0.4, -0.2) is 40.4 Å². The molecule has 0 aliphatic rings. The van der Waals surface area contributed by atoms with Gasteiger partial charge in [0.05, 0.1) is 11.5 Å². The first-order chi connectivity index (χ1) is 8.86. The molecule has 1 aromatic carbocycles. The Balaban J connectivity index is 3.10. The standard InChI is InChI=1S/C11H13FN2O5/c1-6-2-8(13-4-7(12)5-15)3-9(11(16)17)10(6)14(18)19/h2-3,7,13,15H,4-5H2,1H3,(H,16,17). The van der Waals surface area contributed by atoms with Crippen LogP contribution in [0.4, 0.5) is 15.8 Å². The van der Waals surface area contributed by atoms with Gasteiger partial charge in [0.15, 0.2) is 0 Å². The zero-order valence-electron chi connectivity index (χ0n) is 10.1. The molecule has 1 aromatic rings. The molecule has 8 heteroatoms. The predicted octanol–water partition coefficient (Wildman–Crippen LogP) is 1.34. The molecule has 0 spiro atoms. The van der Waals surface area contributed by atoms with Crippen LogP contribution in [-0.2, 0) is 0 Å². The molecule has 0 aliphatic heterocycles. The summed E-state index contributed by atoms with van der Waals surface area (Å²) in [6.07, 6.45) is -1.50. The molecule has 0 bridgehead atoms. The maximum Gasteiger partial charge on any atom is 0.342 e. The van der Waals surface area contributed by atoms with E-state index in [2.05, 4.69) is 5.32 Å². The molecule has 0 saturated heterocycles. The van der Waals surface area contributed by atoms with Crippen molar-refractivity contribution in [1.82, 2.24) is 0 Å². The number of hydrogen-bond acceptors (Lipinski definition) is 5. The van der Waals surface area contributed by atoms with Crippen molar-refractivity contribution in [3.8, 4) is 0 Å². The van der Waals surface area contributed by atoms with Gasteiger partial charge in [-0.1, -0.05) is 0 Å². The molecule has 1 unspecified atom stereocenters. The van der Waals surface area contributed by atoms with E-state index in [1.807, 2.05) is 0 Å². The van der Waals surface area contributed by atoms with Gasteiger partial charge in [-0.2, -0.15) is 0 Å². The molecule has 0 aromatic heterocycles. The summed E-state index contributed by atoms with van der Waals surface area (Å²) in [5.74, 6) is -1.43. The number of nitro groups is 1. The normalized spacial score (nSPS) is 11.9. The number of aliphatic hydroxyl groups excluding tert-OH is 1. The van der Waals surface area contributed by atoms with Crippen LogP contribution in [0.3, 0.4) is 0 Å². The van der Waals surface area contributed by atoms with Crippen molar-refractivity contribution < 1.29 is 24.3 Å². The van der Waals surface area contributed by atoms with Gasteiger partial charge >= 0.3 is 5.97 Å². The van der Waals surface area contributed by atoms with Crippen LogP contribution in [0, 0.1) is 17.0 Å². The van der Waals surface area contributed by atoms with Crippen molar-refractivity contribution in [3.05, 3.63) is 33.4 Å². The number of aryl methyl sites for hydroxylation is 1. The molecule has 0 aliphatic carbocycles. The van der Waals surface area contributed by atoms with Gasteiger partial charge < -0.3 is 15.5 Å². The van der Waals surface area contributed by atoms with E-state index in [-0.39, 0.29) is 17.8 Å². The van der Waals surface area contributed by atoms with E-state index >= 15 is 0 Å². The van der Waals surface area contributed by atoms with Gasteiger partial charge in [0.25, 0.3) is 5.69 Å². The summed E-state index contributed by atoms with van der Waals surface area (Å²) in [7, 11) is 0. The summed E-state index contributed by atoms with van der Waals surface area (Å²) in [5, 5.41) is 30.8. The fourth-order valence-electron chi connectivity index (χ4n) is 1.58. The number of nitrogens with one attached hydrogen (secondary N) is 1. The van der Waals surface area contributed by atoms with E-state index in [1.165, 1.54) is 13.0 Å². The zero-order chi connectivity index (χ0) is 14.6. The Morgan fingerprint density at radius 3 is 2.68 bits per heavy atom. The number of halogens is 1. The summed E-state index contributed by atoms with van der Waals surface area (Å²) in [4.78, 5) is 21.0. The van der Waals surface area contributed by atoms with Gasteiger partial charge in [-0.25, -0.2) is 9.18 Å². The number of benzene rings is 1. The second-order valence-corrected chi connectivity index (χ2v) is 3.91. The number of hydrogen-bond donors (Lipinski definition) is 3. The number of rotatable bonds is 6. The lowest BCUT2D eigenvalue weighted by atomic mass is 10.1. The monoisotopic (exact) mass is 272 g/mol. The molecule has 104 valence electrons. The van der Waals surface area contributed by atoms with E-state index in [0.717, 1.165) is 6.07 Å². The highest BCUT2D eigenvalue weighted by molar-refractivity contribution is 5.94. The second kappa shape index (κ2) is 6.10. The average Bonchev–Trinajstić information content (AvgIpc) is 2.34. The van der Waals surface area contributed by atoms with Gasteiger partial charge in [0.1, 0.15) is 11.7 Å². The van der Waals surface area contributed by atoms with Crippen molar-refractivity contribution in [1.29, 1.82) is 0 Å². The maximum absolute atomic E-state index is 12.8. The number of carboxylic acid groups (broad SMARTS) is 1. The van der Waals surface area contributed by atoms with Gasteiger partial charge in [-0.05, 0) is 19.1 Å². The lowest BCUT2D eigenvalue weighted by Crippen LogP contribution is -2.19. The van der Waals surface area contributed by atoms with Gasteiger partial charge in [0, 0.05) is 17.8 Å². The van der Waals surface area contributed by atoms with Crippen molar-refractivity contribution in [2.45, 2.75) is 13.1 Å². The fraction of sp³-hybridized carbons (Fsp3) is 0.364. The number of anilines is 1. The van der Waals surface area contributed by atoms with Crippen molar-refractivity contribution in [2.24, 2.45) is 0 Å². The first-order valence-corrected chi connectivity index (χ1v) is 5.38. The third kappa shape index (κ3) is 3.62. The SMILES string of the molecule is Cc1cc(NCC(F)CO)cc(C(=O)O)c1[N+](=O)[O-]. The molecule has 7 nitrogen and oxygen atoms in total. The van der Waals surface area contributed by atoms with Crippen molar-refractivity contribution in [2.75, 3.05) is 18.5 Å². The fourth-order valence-corrected chi connectivity index (χ4v) is 1.58. The summed E-state index contributed by atoms with van der Waals surface area (Å²) >= 11 is 0. The van der Waals surface area contributed by atoms with E-state index in [0.29, 0.717) is 0 Å². The van der Waals surface area contributed by atoms with E-state index in [9.17, 15) is 19.3 Å². The highest BCUT2D eigenvalue weighted by atomic mass is 19.1. The molecule has 0 radical (unpaired) electrons. The summed E-state index contributed by atoms with van der Waals surface area (Å²) in [5.41, 5.74) is -0.549. The Bertz CT molecular complexity index is 506. The number of aliphatic hydroxyl groups is 1. The molecule has 0 amide bonds. The van der Waals surface area contributed by atoms with Crippen molar-refractivity contribution in [3.63, 3.8) is 0 Å². The van der Waals surface area contributed by atoms with Crippen LogP contribution in [0.1, 0.15) is 15.9 Å². The second-order valence-electron chi connectivity index (χ2n) is 3.91. The number of alkyl halides is 1. The maximum atomic E-state index is 12.8. The minimum absolute atomic E-state index is 0.159. The number of carboxylic acids is 1. The predicted molar refractivity (Wildman–Crippen MR) is 65.3 cm³/mol. The van der Waals surface area contributed by atoms with Gasteiger partial charge in [-0.3, -0.25) is 10.1 Å². The van der Waals surface area contributed by atoms with Crippen LogP contribution < -0.4 is 5.32 Å². The first kappa shape index (κ1) is 14.8. The quantitative estimate of drug-likeness (QED) is 0.532. The molecular formula is C11H13FN2O5. The summed E-state index contributed by atoms with van der Waals surface area (Å²) < 4.78 is 12.8. The largest absolute Gasteiger partial charge is 0.477 e. The van der Waals surface area contributed by atoms with Crippen LogP contribution in [0.25, 0.3) is 0 Å². The molecule has 0 fully saturated rings. The third-order valence-electron chi connectivity index (χ3n) is 2.44. The van der Waals surface area contributed by atoms with E-state index in [1.54, 1.807) is 0 Å². The van der Waals surface area contributed by atoms with E-state index in [4.69, 9.17) is 10.2 Å². The Morgan fingerprint density at radius 2 is 2.21 bits per heavy atom. The third-order valence-corrected chi connectivity index (χ3v) is 2.44. The highest BCUT2D eigenvalue weighted by Gasteiger charge is 2.23. The molecular weight excluding hydrogens is 259 g/mol. The Labute approximate surface area is 107 Å². The average molecular weight is 272 g/mol. The summed E-state index contributed by atoms with van der Waals surface area (Å²) in [6, 6.07) is 2.42. The van der Waals surface area contributed by atoms with E-state index < -0.39 is 34.9 Å². The molecule has 1 atom stereocenters. The minimum Gasteiger partial charge on any atom is -0.477 e. The van der Waals surface area contributed by atoms with Gasteiger partial charge in [0.2, 0.25) is 0 Å². The zero-order valence-corrected chi connectivity index (χ0v) is 10.1. The lowest BCUT2D eigenvalue weighted by molar-refractivity contribution is -0.385. The van der Waals surface area contributed by atoms with Crippen LogP contribution in [0.15, 0.2) is 12.1 Å². The van der Waals surface area contributed by atoms with Crippen LogP contribution in [0.2, 0.25) is 0 Å². The lowest BCUT2D eigenvalue weighted by Gasteiger charge is -2.10. The van der Waals surface area contributed by atoms with Gasteiger partial charge in [-0.15, -0.1) is 0 Å². The number of nitro benzene ring substituents is 1. The number of aromatic carboxylic acids is 1. The molecule has 19 heavy (non-hydrogen) atoms. The Hall–Kier alpha value is -2.22. The highest BCUT2D eigenvalue weighted by Crippen LogP contribution is 2.27. The Morgan fingerprint density at radius 1 is 1.58 bits per heavy atom. The van der Waals surface area contributed by atoms with Crippen LogP contribution >= 0.6 is 0 Å². The number of nitrogens with zero attached hydrogens (tertiary/aromatic N) is 1. The van der Waals surface area contributed by atoms with Crippen molar-refractivity contribution >= 4 is 17.3 Å². The molecule has 1 rings (SSSR count). The summed E-state index contributed by atoms with van der Waals surface area (Å²) in [6.45, 7) is 0.520. The molecule has 0 heterocycles. The molecule has 3 N–H and O–H groups in total. The topological polar surface area (TPSA) is 113 Å². The smallest absolute Gasteiger partial charge is 0.342 e. The minimum atomic E-state index is -1.50. The van der Waals surface area contributed by atoms with Crippen LogP contribution in [0.5, 0.6) is 0 Å². The number of carbonyl (C=O) groups is 1. The Kier molecular flexibility index (Phi) is 4.76. The first-order valence-electron chi connectivity index (χ1n) is 5.38.